The Kier molecular flexibility index (Phi) is 4.92. The molecule has 1 aliphatic rings. The Morgan fingerprint density at radius 1 is 1.41 bits per heavy atom. The Morgan fingerprint density at radius 2 is 2.24 bits per heavy atom. The van der Waals surface area contributed by atoms with Crippen molar-refractivity contribution >= 4 is 22.9 Å². The lowest BCUT2D eigenvalue weighted by atomic mass is 9.99. The van der Waals surface area contributed by atoms with E-state index in [0.29, 0.717) is 35.0 Å². The summed E-state index contributed by atoms with van der Waals surface area (Å²) in [6, 6.07) is 5.14. The highest BCUT2D eigenvalue weighted by molar-refractivity contribution is 5.88. The Morgan fingerprint density at radius 3 is 3.03 bits per heavy atom. The van der Waals surface area contributed by atoms with Gasteiger partial charge in [0.15, 0.2) is 11.4 Å². The van der Waals surface area contributed by atoms with Crippen molar-refractivity contribution in [3.63, 3.8) is 0 Å². The van der Waals surface area contributed by atoms with Gasteiger partial charge in [-0.2, -0.15) is 5.10 Å². The second-order valence-corrected chi connectivity index (χ2v) is 7.01. The zero-order valence-electron chi connectivity index (χ0n) is 16.3. The van der Waals surface area contributed by atoms with Gasteiger partial charge in [0, 0.05) is 23.9 Å². The fourth-order valence-electron chi connectivity index (χ4n) is 3.32. The number of rotatable bonds is 2. The van der Waals surface area contributed by atoms with Crippen LogP contribution in [0, 0.1) is 5.82 Å². The topological polar surface area (TPSA) is 80.5 Å². The lowest BCUT2D eigenvalue weighted by Crippen LogP contribution is -2.29. The molecule has 0 fully saturated rings. The largest absolute Gasteiger partial charge is 0.489 e. The molecule has 0 spiro atoms. The molecule has 0 radical (unpaired) electrons. The SMILES string of the molecule is C=C1NC[C@H](C)Oc2ccc(F)cc2C(C(=O)CC)Nc2ccn3ncc1c3n2. The Labute approximate surface area is 167 Å². The zero-order chi connectivity index (χ0) is 20.5. The second kappa shape index (κ2) is 7.54. The molecule has 150 valence electrons. The van der Waals surface area contributed by atoms with Gasteiger partial charge < -0.3 is 15.4 Å². The van der Waals surface area contributed by atoms with Gasteiger partial charge >= 0.3 is 0 Å². The Balaban J connectivity index is 1.88. The third kappa shape index (κ3) is 3.65. The van der Waals surface area contributed by atoms with Gasteiger partial charge in [0.2, 0.25) is 0 Å². The summed E-state index contributed by atoms with van der Waals surface area (Å²) in [4.78, 5) is 17.4. The molecule has 3 heterocycles. The number of halogens is 1. The molecule has 2 atom stereocenters. The average molecular weight is 395 g/mol. The maximum atomic E-state index is 14.1. The van der Waals surface area contributed by atoms with Gasteiger partial charge in [0.1, 0.15) is 29.5 Å². The summed E-state index contributed by atoms with van der Waals surface area (Å²) in [5.41, 5.74) is 2.46. The van der Waals surface area contributed by atoms with Crippen molar-refractivity contribution in [3.05, 3.63) is 60.2 Å². The number of anilines is 1. The highest BCUT2D eigenvalue weighted by atomic mass is 19.1. The van der Waals surface area contributed by atoms with E-state index in [1.807, 2.05) is 6.92 Å². The molecular formula is C21H22FN5O2. The smallest absolute Gasteiger partial charge is 0.166 e. The minimum absolute atomic E-state index is 0.0964. The van der Waals surface area contributed by atoms with Crippen molar-refractivity contribution in [3.8, 4) is 5.75 Å². The van der Waals surface area contributed by atoms with Crippen LogP contribution < -0.4 is 15.4 Å². The van der Waals surface area contributed by atoms with Crippen molar-refractivity contribution in [1.29, 1.82) is 0 Å². The Bertz CT molecular complexity index is 1090. The van der Waals surface area contributed by atoms with E-state index in [9.17, 15) is 9.18 Å². The monoisotopic (exact) mass is 395 g/mol. The summed E-state index contributed by atoms with van der Waals surface area (Å²) in [7, 11) is 0. The molecule has 1 aliphatic heterocycles. The molecule has 0 amide bonds. The maximum absolute atomic E-state index is 14.1. The van der Waals surface area contributed by atoms with Crippen LogP contribution in [0.1, 0.15) is 37.4 Å². The number of aromatic nitrogens is 3. The minimum atomic E-state index is -0.795. The van der Waals surface area contributed by atoms with Gasteiger partial charge in [-0.1, -0.05) is 13.5 Å². The number of nitrogens with zero attached hydrogens (tertiary/aromatic N) is 3. The summed E-state index contributed by atoms with van der Waals surface area (Å²) >= 11 is 0. The number of benzene rings is 1. The number of carbonyl (C=O) groups is 1. The third-order valence-corrected chi connectivity index (χ3v) is 4.87. The molecule has 0 saturated heterocycles. The van der Waals surface area contributed by atoms with E-state index in [0.717, 1.165) is 5.56 Å². The first-order valence-electron chi connectivity index (χ1n) is 9.49. The zero-order valence-corrected chi connectivity index (χ0v) is 16.3. The van der Waals surface area contributed by atoms with Crippen LogP contribution in [0.5, 0.6) is 5.75 Å². The lowest BCUT2D eigenvalue weighted by molar-refractivity contribution is -0.119. The van der Waals surface area contributed by atoms with Crippen LogP contribution in [-0.4, -0.2) is 33.0 Å². The van der Waals surface area contributed by atoms with Crippen LogP contribution in [0.4, 0.5) is 10.2 Å². The molecule has 3 aromatic rings. The molecule has 4 rings (SSSR count). The molecule has 1 aromatic carbocycles. The summed E-state index contributed by atoms with van der Waals surface area (Å²) in [6.07, 6.45) is 3.46. The van der Waals surface area contributed by atoms with E-state index in [-0.39, 0.29) is 18.3 Å². The molecular weight excluding hydrogens is 373 g/mol. The van der Waals surface area contributed by atoms with E-state index in [1.165, 1.54) is 12.1 Å². The molecule has 0 saturated carbocycles. The Hall–Kier alpha value is -3.42. The highest BCUT2D eigenvalue weighted by Gasteiger charge is 2.25. The summed E-state index contributed by atoms with van der Waals surface area (Å²) in [6.45, 7) is 8.21. The van der Waals surface area contributed by atoms with Gasteiger partial charge in [0.05, 0.1) is 18.3 Å². The second-order valence-electron chi connectivity index (χ2n) is 7.01. The first kappa shape index (κ1) is 18.9. The van der Waals surface area contributed by atoms with Crippen LogP contribution in [0.3, 0.4) is 0 Å². The van der Waals surface area contributed by atoms with Crippen molar-refractivity contribution in [1.82, 2.24) is 19.9 Å². The number of ketones is 1. The predicted octanol–water partition coefficient (Wildman–Crippen LogP) is 3.34. The van der Waals surface area contributed by atoms with Crippen LogP contribution in [0.15, 0.2) is 43.2 Å². The number of Topliss-reactive ketones (excluding diaryl/α,β-unsaturated/α-hetero) is 1. The van der Waals surface area contributed by atoms with Crippen LogP contribution in [-0.2, 0) is 4.79 Å². The summed E-state index contributed by atoms with van der Waals surface area (Å²) in [5, 5.41) is 10.7. The first-order chi connectivity index (χ1) is 14.0. The fraction of sp³-hybridized carbons (Fsp3) is 0.286. The normalized spacial score (nSPS) is 19.2. The number of carbonyl (C=O) groups excluding carboxylic acids is 1. The minimum Gasteiger partial charge on any atom is -0.489 e. The van der Waals surface area contributed by atoms with Crippen LogP contribution in [0.25, 0.3) is 11.3 Å². The first-order valence-corrected chi connectivity index (χ1v) is 9.49. The van der Waals surface area contributed by atoms with Crippen LogP contribution in [0.2, 0.25) is 0 Å². The summed E-state index contributed by atoms with van der Waals surface area (Å²) in [5.74, 6) is 0.393. The van der Waals surface area contributed by atoms with Crippen molar-refractivity contribution in [2.24, 2.45) is 0 Å². The van der Waals surface area contributed by atoms with Gasteiger partial charge in [-0.3, -0.25) is 4.79 Å². The molecule has 2 bridgehead atoms. The van der Waals surface area contributed by atoms with E-state index in [4.69, 9.17) is 4.74 Å². The molecule has 29 heavy (non-hydrogen) atoms. The standard InChI is InChI=1S/C21H22FN5O2/c1-4-17(28)20-15-9-14(22)5-6-18(15)29-12(2)10-23-13(3)16-11-24-27-8-7-19(25-20)26-21(16)27/h5-9,11-12,20,23H,3-4,10H2,1-2H3,(H,25,26)/t12-,20?/m0/s1. The van der Waals surface area contributed by atoms with Gasteiger partial charge in [-0.15, -0.1) is 0 Å². The lowest BCUT2D eigenvalue weighted by Gasteiger charge is -2.23. The molecule has 1 unspecified atom stereocenters. The van der Waals surface area contributed by atoms with E-state index < -0.39 is 11.9 Å². The van der Waals surface area contributed by atoms with Gasteiger partial charge in [-0.25, -0.2) is 13.9 Å². The van der Waals surface area contributed by atoms with Gasteiger partial charge in [-0.05, 0) is 31.2 Å². The van der Waals surface area contributed by atoms with Crippen molar-refractivity contribution in [2.45, 2.75) is 32.4 Å². The third-order valence-electron chi connectivity index (χ3n) is 4.87. The van der Waals surface area contributed by atoms with Gasteiger partial charge in [0.25, 0.3) is 0 Å². The molecule has 2 aromatic heterocycles. The van der Waals surface area contributed by atoms with Crippen molar-refractivity contribution in [2.75, 3.05) is 11.9 Å². The molecule has 0 aliphatic carbocycles. The molecule has 8 heteroatoms. The predicted molar refractivity (Wildman–Crippen MR) is 108 cm³/mol. The van der Waals surface area contributed by atoms with Crippen molar-refractivity contribution < 1.29 is 13.9 Å². The number of fused-ring (bicyclic) bond motifs is 2. The van der Waals surface area contributed by atoms with Crippen LogP contribution >= 0.6 is 0 Å². The number of nitrogens with one attached hydrogen (secondary N) is 2. The van der Waals surface area contributed by atoms with E-state index >= 15 is 0 Å². The van der Waals surface area contributed by atoms with E-state index in [2.05, 4.69) is 27.3 Å². The van der Waals surface area contributed by atoms with E-state index in [1.54, 1.807) is 36.0 Å². The molecule has 7 nitrogen and oxygen atoms in total. The average Bonchev–Trinajstić information content (AvgIpc) is 3.14. The maximum Gasteiger partial charge on any atom is 0.166 e. The summed E-state index contributed by atoms with van der Waals surface area (Å²) < 4.78 is 21.8. The molecule has 2 N–H and O–H groups in total. The highest BCUT2D eigenvalue weighted by Crippen LogP contribution is 2.31. The fourth-order valence-corrected chi connectivity index (χ4v) is 3.32. The quantitative estimate of drug-likeness (QED) is 0.693. The number of ether oxygens (including phenoxy) is 1. The number of hydrogen-bond acceptors (Lipinski definition) is 6. The number of hydrogen-bond donors (Lipinski definition) is 2.